The highest BCUT2D eigenvalue weighted by molar-refractivity contribution is 5.77. The Hall–Kier alpha value is -1.33. The second-order valence-corrected chi connectivity index (χ2v) is 5.18. The quantitative estimate of drug-likeness (QED) is 0.819. The third-order valence-corrected chi connectivity index (χ3v) is 3.74. The molecule has 2 heterocycles. The van der Waals surface area contributed by atoms with Gasteiger partial charge in [-0.1, -0.05) is 0 Å². The zero-order valence-electron chi connectivity index (χ0n) is 11.9. The van der Waals surface area contributed by atoms with Crippen molar-refractivity contribution in [1.82, 2.24) is 20.1 Å². The number of aryl methyl sites for hydroxylation is 1. The number of hydrogen-bond donors (Lipinski definition) is 2. The molecule has 106 valence electrons. The van der Waals surface area contributed by atoms with Crippen molar-refractivity contribution in [2.24, 2.45) is 7.05 Å². The Balaban J connectivity index is 1.76. The van der Waals surface area contributed by atoms with Gasteiger partial charge in [0.05, 0.1) is 13.1 Å². The average molecular weight is 264 g/mol. The Labute approximate surface area is 115 Å². The van der Waals surface area contributed by atoms with Gasteiger partial charge in [-0.05, 0) is 38.6 Å². The summed E-state index contributed by atoms with van der Waals surface area (Å²) in [6.45, 7) is 7.17. The maximum atomic E-state index is 11.9. The molecular weight excluding hydrogens is 240 g/mol. The summed E-state index contributed by atoms with van der Waals surface area (Å²) in [4.78, 5) is 14.1. The van der Waals surface area contributed by atoms with E-state index in [4.69, 9.17) is 0 Å². The van der Waals surface area contributed by atoms with Gasteiger partial charge in [0.25, 0.3) is 0 Å². The lowest BCUT2D eigenvalue weighted by Gasteiger charge is -2.18. The van der Waals surface area contributed by atoms with Crippen LogP contribution in [0.1, 0.15) is 17.8 Å². The first-order valence-corrected chi connectivity index (χ1v) is 6.98. The van der Waals surface area contributed by atoms with E-state index in [1.54, 1.807) is 0 Å². The largest absolute Gasteiger partial charge is 0.350 e. The zero-order valence-corrected chi connectivity index (χ0v) is 11.9. The minimum atomic E-state index is 0.112. The standard InChI is InChI=1S/C14H24N4O/c1-12-4-5-13(17(12)2)10-16-14(19)11-18-8-3-6-15-7-9-18/h4-5,15H,3,6-11H2,1-2H3,(H,16,19). The summed E-state index contributed by atoms with van der Waals surface area (Å²) in [5, 5.41) is 6.34. The Kier molecular flexibility index (Phi) is 4.99. The Morgan fingerprint density at radius 3 is 2.95 bits per heavy atom. The van der Waals surface area contributed by atoms with Crippen LogP contribution >= 0.6 is 0 Å². The second-order valence-electron chi connectivity index (χ2n) is 5.18. The number of rotatable bonds is 4. The number of carbonyl (C=O) groups is 1. The van der Waals surface area contributed by atoms with Crippen LogP contribution in [0.4, 0.5) is 0 Å². The van der Waals surface area contributed by atoms with Crippen LogP contribution in [0.5, 0.6) is 0 Å². The fourth-order valence-electron chi connectivity index (χ4n) is 2.35. The van der Waals surface area contributed by atoms with Gasteiger partial charge < -0.3 is 15.2 Å². The van der Waals surface area contributed by atoms with Crippen LogP contribution in [-0.4, -0.2) is 48.1 Å². The molecule has 5 nitrogen and oxygen atoms in total. The first kappa shape index (κ1) is 14.1. The van der Waals surface area contributed by atoms with Crippen molar-refractivity contribution in [3.63, 3.8) is 0 Å². The Bertz CT molecular complexity index is 419. The number of nitrogens with one attached hydrogen (secondary N) is 2. The first-order valence-electron chi connectivity index (χ1n) is 6.98. The third kappa shape index (κ3) is 4.08. The van der Waals surface area contributed by atoms with Crippen LogP contribution in [0.25, 0.3) is 0 Å². The summed E-state index contributed by atoms with van der Waals surface area (Å²) in [5.74, 6) is 0.112. The molecule has 1 saturated heterocycles. The number of hydrogen-bond acceptors (Lipinski definition) is 3. The van der Waals surface area contributed by atoms with Crippen molar-refractivity contribution in [1.29, 1.82) is 0 Å². The maximum Gasteiger partial charge on any atom is 0.234 e. The molecule has 2 rings (SSSR count). The van der Waals surface area contributed by atoms with Crippen molar-refractivity contribution in [2.75, 3.05) is 32.7 Å². The summed E-state index contributed by atoms with van der Waals surface area (Å²) in [7, 11) is 2.03. The highest BCUT2D eigenvalue weighted by atomic mass is 16.2. The van der Waals surface area contributed by atoms with E-state index >= 15 is 0 Å². The number of aromatic nitrogens is 1. The normalized spacial score (nSPS) is 17.2. The van der Waals surface area contributed by atoms with Gasteiger partial charge in [0, 0.05) is 31.5 Å². The van der Waals surface area contributed by atoms with Gasteiger partial charge in [-0.2, -0.15) is 0 Å². The van der Waals surface area contributed by atoms with E-state index in [0.29, 0.717) is 13.1 Å². The van der Waals surface area contributed by atoms with Crippen LogP contribution < -0.4 is 10.6 Å². The fraction of sp³-hybridized carbons (Fsp3) is 0.643. The number of amides is 1. The molecule has 19 heavy (non-hydrogen) atoms. The predicted molar refractivity (Wildman–Crippen MR) is 75.9 cm³/mol. The summed E-state index contributed by atoms with van der Waals surface area (Å²) in [6, 6.07) is 4.13. The lowest BCUT2D eigenvalue weighted by molar-refractivity contribution is -0.122. The summed E-state index contributed by atoms with van der Waals surface area (Å²) < 4.78 is 2.11. The van der Waals surface area contributed by atoms with Crippen molar-refractivity contribution in [2.45, 2.75) is 19.9 Å². The zero-order chi connectivity index (χ0) is 13.7. The monoisotopic (exact) mass is 264 g/mol. The third-order valence-electron chi connectivity index (χ3n) is 3.74. The molecule has 1 aromatic rings. The van der Waals surface area contributed by atoms with E-state index in [0.717, 1.165) is 38.3 Å². The van der Waals surface area contributed by atoms with Crippen molar-refractivity contribution < 1.29 is 4.79 Å². The molecule has 0 unspecified atom stereocenters. The average Bonchev–Trinajstić information content (AvgIpc) is 2.60. The predicted octanol–water partition coefficient (Wildman–Crippen LogP) is 0.245. The van der Waals surface area contributed by atoms with E-state index in [-0.39, 0.29) is 5.91 Å². The van der Waals surface area contributed by atoms with Crippen LogP contribution in [0.3, 0.4) is 0 Å². The molecule has 0 radical (unpaired) electrons. The summed E-state index contributed by atoms with van der Waals surface area (Å²) >= 11 is 0. The molecule has 1 aliphatic rings. The van der Waals surface area contributed by atoms with Gasteiger partial charge in [-0.3, -0.25) is 9.69 Å². The van der Waals surface area contributed by atoms with Crippen molar-refractivity contribution in [3.8, 4) is 0 Å². The van der Waals surface area contributed by atoms with Gasteiger partial charge in [0.1, 0.15) is 0 Å². The molecule has 0 bridgehead atoms. The van der Waals surface area contributed by atoms with E-state index < -0.39 is 0 Å². The number of nitrogens with zero attached hydrogens (tertiary/aromatic N) is 2. The van der Waals surface area contributed by atoms with Crippen LogP contribution in [-0.2, 0) is 18.4 Å². The molecule has 1 aliphatic heterocycles. The fourth-order valence-corrected chi connectivity index (χ4v) is 2.35. The van der Waals surface area contributed by atoms with Gasteiger partial charge in [0.2, 0.25) is 5.91 Å². The first-order chi connectivity index (χ1) is 9.16. The smallest absolute Gasteiger partial charge is 0.234 e. The molecule has 0 aliphatic carbocycles. The van der Waals surface area contributed by atoms with E-state index in [2.05, 4.69) is 39.2 Å². The summed E-state index contributed by atoms with van der Waals surface area (Å²) in [6.07, 6.45) is 1.12. The van der Waals surface area contributed by atoms with E-state index in [1.165, 1.54) is 5.69 Å². The molecule has 0 aromatic carbocycles. The van der Waals surface area contributed by atoms with Gasteiger partial charge >= 0.3 is 0 Å². The summed E-state index contributed by atoms with van der Waals surface area (Å²) in [5.41, 5.74) is 2.35. The Morgan fingerprint density at radius 1 is 1.37 bits per heavy atom. The van der Waals surface area contributed by atoms with Crippen LogP contribution in [0, 0.1) is 6.92 Å². The van der Waals surface area contributed by atoms with Crippen molar-refractivity contribution in [3.05, 3.63) is 23.5 Å². The molecule has 0 spiro atoms. The molecule has 1 fully saturated rings. The second kappa shape index (κ2) is 6.73. The topological polar surface area (TPSA) is 49.3 Å². The van der Waals surface area contributed by atoms with Gasteiger partial charge in [-0.15, -0.1) is 0 Å². The lowest BCUT2D eigenvalue weighted by Crippen LogP contribution is -2.38. The number of carbonyl (C=O) groups excluding carboxylic acids is 1. The van der Waals surface area contributed by atoms with Crippen LogP contribution in [0.2, 0.25) is 0 Å². The Morgan fingerprint density at radius 2 is 2.21 bits per heavy atom. The highest BCUT2D eigenvalue weighted by Crippen LogP contribution is 2.05. The molecule has 0 saturated carbocycles. The SMILES string of the molecule is Cc1ccc(CNC(=O)CN2CCCNCC2)n1C. The van der Waals surface area contributed by atoms with Gasteiger partial charge in [0.15, 0.2) is 0 Å². The minimum Gasteiger partial charge on any atom is -0.350 e. The molecule has 5 heteroatoms. The van der Waals surface area contributed by atoms with E-state index in [1.807, 2.05) is 7.05 Å². The molecule has 1 amide bonds. The molecule has 1 aromatic heterocycles. The molecule has 0 atom stereocenters. The minimum absolute atomic E-state index is 0.112. The maximum absolute atomic E-state index is 11.9. The van der Waals surface area contributed by atoms with E-state index in [9.17, 15) is 4.79 Å². The molecule has 2 N–H and O–H groups in total. The van der Waals surface area contributed by atoms with Crippen LogP contribution in [0.15, 0.2) is 12.1 Å². The van der Waals surface area contributed by atoms with Crippen molar-refractivity contribution >= 4 is 5.91 Å². The van der Waals surface area contributed by atoms with Gasteiger partial charge in [-0.25, -0.2) is 0 Å². The highest BCUT2D eigenvalue weighted by Gasteiger charge is 2.12. The molecular formula is C14H24N4O. The lowest BCUT2D eigenvalue weighted by atomic mass is 10.3.